The van der Waals surface area contributed by atoms with Gasteiger partial charge in [0.25, 0.3) is 0 Å². The molecule has 16 heavy (non-hydrogen) atoms. The lowest BCUT2D eigenvalue weighted by Crippen LogP contribution is -2.29. The second kappa shape index (κ2) is 8.28. The predicted octanol–water partition coefficient (Wildman–Crippen LogP) is 3.18. The fourth-order valence-electron chi connectivity index (χ4n) is 1.90. The molecule has 1 aromatic heterocycles. The first-order chi connectivity index (χ1) is 7.86. The molecule has 90 valence electrons. The van der Waals surface area contributed by atoms with Gasteiger partial charge in [-0.25, -0.2) is 0 Å². The quantitative estimate of drug-likeness (QED) is 0.728. The van der Waals surface area contributed by atoms with Crippen molar-refractivity contribution in [3.63, 3.8) is 0 Å². The van der Waals surface area contributed by atoms with Crippen molar-refractivity contribution in [3.05, 3.63) is 30.1 Å². The number of hydrogen-bond donors (Lipinski definition) is 1. The van der Waals surface area contributed by atoms with Gasteiger partial charge in [-0.2, -0.15) is 0 Å². The summed E-state index contributed by atoms with van der Waals surface area (Å²) in [5.41, 5.74) is 1.40. The number of rotatable bonds is 8. The molecule has 0 bridgehead atoms. The van der Waals surface area contributed by atoms with Gasteiger partial charge >= 0.3 is 0 Å². The monoisotopic (exact) mass is 220 g/mol. The van der Waals surface area contributed by atoms with Crippen molar-refractivity contribution < 1.29 is 0 Å². The van der Waals surface area contributed by atoms with Crippen LogP contribution in [0.3, 0.4) is 0 Å². The first kappa shape index (κ1) is 13.2. The van der Waals surface area contributed by atoms with Crippen LogP contribution in [0.1, 0.15) is 45.1 Å². The first-order valence-electron chi connectivity index (χ1n) is 6.49. The third-order valence-corrected chi connectivity index (χ3v) is 2.94. The Bertz CT molecular complexity index is 259. The molecule has 0 aromatic carbocycles. The largest absolute Gasteiger partial charge is 0.314 e. The van der Waals surface area contributed by atoms with Crippen molar-refractivity contribution >= 4 is 0 Å². The van der Waals surface area contributed by atoms with E-state index in [1.165, 1.54) is 37.7 Å². The van der Waals surface area contributed by atoms with Gasteiger partial charge in [0.1, 0.15) is 0 Å². The molecule has 0 aliphatic rings. The van der Waals surface area contributed by atoms with Gasteiger partial charge < -0.3 is 5.32 Å². The smallest absolute Gasteiger partial charge is 0.0270 e. The summed E-state index contributed by atoms with van der Waals surface area (Å²) in [5.74, 6) is 0. The van der Waals surface area contributed by atoms with Crippen molar-refractivity contribution in [1.82, 2.24) is 10.3 Å². The van der Waals surface area contributed by atoms with Crippen LogP contribution in [0.5, 0.6) is 0 Å². The molecular formula is C14H24N2. The minimum absolute atomic E-state index is 0.696. The average molecular weight is 220 g/mol. The van der Waals surface area contributed by atoms with Gasteiger partial charge in [0.15, 0.2) is 0 Å². The molecule has 0 aliphatic heterocycles. The van der Waals surface area contributed by atoms with Crippen LogP contribution >= 0.6 is 0 Å². The number of hydrogen-bond acceptors (Lipinski definition) is 2. The standard InChI is InChI=1S/C14H24N2/c1-3-10-16-14(4-2)7-5-6-13-8-11-15-12-9-13/h8-9,11-12,14,16H,3-7,10H2,1-2H3. The Morgan fingerprint density at radius 1 is 1.25 bits per heavy atom. The minimum atomic E-state index is 0.696. The van der Waals surface area contributed by atoms with Crippen LogP contribution in [0.4, 0.5) is 0 Å². The Hall–Kier alpha value is -0.890. The number of aromatic nitrogens is 1. The molecule has 0 spiro atoms. The van der Waals surface area contributed by atoms with Crippen molar-refractivity contribution in [1.29, 1.82) is 0 Å². The van der Waals surface area contributed by atoms with E-state index in [4.69, 9.17) is 0 Å². The summed E-state index contributed by atoms with van der Waals surface area (Å²) < 4.78 is 0. The number of aryl methyl sites for hydroxylation is 1. The Morgan fingerprint density at radius 3 is 2.62 bits per heavy atom. The van der Waals surface area contributed by atoms with Crippen LogP contribution < -0.4 is 5.32 Å². The lowest BCUT2D eigenvalue weighted by molar-refractivity contribution is 0.456. The lowest BCUT2D eigenvalue weighted by atomic mass is 10.0. The van der Waals surface area contributed by atoms with Gasteiger partial charge in [-0.15, -0.1) is 0 Å². The number of nitrogens with zero attached hydrogens (tertiary/aromatic N) is 1. The highest BCUT2D eigenvalue weighted by Crippen LogP contribution is 2.07. The Kier molecular flexibility index (Phi) is 6.82. The molecular weight excluding hydrogens is 196 g/mol. The second-order valence-corrected chi connectivity index (χ2v) is 4.31. The fraction of sp³-hybridized carbons (Fsp3) is 0.643. The van der Waals surface area contributed by atoms with E-state index in [1.54, 1.807) is 0 Å². The van der Waals surface area contributed by atoms with E-state index in [2.05, 4.69) is 36.3 Å². The van der Waals surface area contributed by atoms with E-state index in [0.29, 0.717) is 6.04 Å². The third-order valence-electron chi connectivity index (χ3n) is 2.94. The molecule has 0 aliphatic carbocycles. The predicted molar refractivity (Wildman–Crippen MR) is 69.5 cm³/mol. The van der Waals surface area contributed by atoms with Gasteiger partial charge in [-0.3, -0.25) is 4.98 Å². The van der Waals surface area contributed by atoms with Crippen molar-refractivity contribution in [2.24, 2.45) is 0 Å². The highest BCUT2D eigenvalue weighted by molar-refractivity contribution is 5.09. The molecule has 1 N–H and O–H groups in total. The van der Waals surface area contributed by atoms with Crippen molar-refractivity contribution in [2.75, 3.05) is 6.54 Å². The molecule has 0 amide bonds. The summed E-state index contributed by atoms with van der Waals surface area (Å²) in [6.45, 7) is 5.63. The van der Waals surface area contributed by atoms with E-state index in [-0.39, 0.29) is 0 Å². The van der Waals surface area contributed by atoms with E-state index in [9.17, 15) is 0 Å². The minimum Gasteiger partial charge on any atom is -0.314 e. The summed E-state index contributed by atoms with van der Waals surface area (Å²) in [5, 5.41) is 3.59. The summed E-state index contributed by atoms with van der Waals surface area (Å²) in [7, 11) is 0. The second-order valence-electron chi connectivity index (χ2n) is 4.31. The zero-order valence-corrected chi connectivity index (χ0v) is 10.6. The molecule has 1 aromatic rings. The van der Waals surface area contributed by atoms with Crippen LogP contribution in [0.25, 0.3) is 0 Å². The van der Waals surface area contributed by atoms with Gasteiger partial charge in [0.2, 0.25) is 0 Å². The van der Waals surface area contributed by atoms with Crippen molar-refractivity contribution in [3.8, 4) is 0 Å². The molecule has 1 heterocycles. The van der Waals surface area contributed by atoms with Crippen LogP contribution in [0.2, 0.25) is 0 Å². The van der Waals surface area contributed by atoms with Gasteiger partial charge in [0.05, 0.1) is 0 Å². The van der Waals surface area contributed by atoms with E-state index in [1.807, 2.05) is 12.4 Å². The van der Waals surface area contributed by atoms with Crippen LogP contribution in [0, 0.1) is 0 Å². The summed E-state index contributed by atoms with van der Waals surface area (Å²) in [6, 6.07) is 4.92. The van der Waals surface area contributed by atoms with E-state index in [0.717, 1.165) is 6.54 Å². The molecule has 0 saturated carbocycles. The van der Waals surface area contributed by atoms with Gasteiger partial charge in [-0.05, 0) is 56.3 Å². The zero-order valence-electron chi connectivity index (χ0n) is 10.6. The maximum atomic E-state index is 4.03. The maximum Gasteiger partial charge on any atom is 0.0270 e. The Morgan fingerprint density at radius 2 is 2.00 bits per heavy atom. The molecule has 1 rings (SSSR count). The van der Waals surface area contributed by atoms with Gasteiger partial charge in [-0.1, -0.05) is 13.8 Å². The zero-order chi connectivity index (χ0) is 11.6. The lowest BCUT2D eigenvalue weighted by Gasteiger charge is -2.16. The normalized spacial score (nSPS) is 12.6. The SMILES string of the molecule is CCCNC(CC)CCCc1ccncc1. The van der Waals surface area contributed by atoms with E-state index >= 15 is 0 Å². The van der Waals surface area contributed by atoms with Gasteiger partial charge in [0, 0.05) is 18.4 Å². The van der Waals surface area contributed by atoms with E-state index < -0.39 is 0 Å². The number of nitrogens with one attached hydrogen (secondary N) is 1. The average Bonchev–Trinajstić information content (AvgIpc) is 2.35. The maximum absolute atomic E-state index is 4.03. The molecule has 1 atom stereocenters. The van der Waals surface area contributed by atoms with Crippen molar-refractivity contribution in [2.45, 2.75) is 52.0 Å². The Balaban J connectivity index is 2.18. The molecule has 2 nitrogen and oxygen atoms in total. The Labute approximate surface area is 99.5 Å². The van der Waals surface area contributed by atoms with Crippen LogP contribution in [0.15, 0.2) is 24.5 Å². The topological polar surface area (TPSA) is 24.9 Å². The van der Waals surface area contributed by atoms with Crippen LogP contribution in [-0.4, -0.2) is 17.6 Å². The van der Waals surface area contributed by atoms with Crippen LogP contribution in [-0.2, 0) is 6.42 Å². The molecule has 2 heteroatoms. The first-order valence-corrected chi connectivity index (χ1v) is 6.49. The number of pyridine rings is 1. The highest BCUT2D eigenvalue weighted by atomic mass is 14.9. The molecule has 1 unspecified atom stereocenters. The molecule has 0 fully saturated rings. The fourth-order valence-corrected chi connectivity index (χ4v) is 1.90. The molecule has 0 radical (unpaired) electrons. The molecule has 0 saturated heterocycles. The summed E-state index contributed by atoms with van der Waals surface area (Å²) in [4.78, 5) is 4.03. The highest BCUT2D eigenvalue weighted by Gasteiger charge is 2.04. The summed E-state index contributed by atoms with van der Waals surface area (Å²) in [6.07, 6.45) is 9.92. The summed E-state index contributed by atoms with van der Waals surface area (Å²) >= 11 is 0. The third kappa shape index (κ3) is 5.26.